The number of alkyl halides is 1. The topological polar surface area (TPSA) is 26.3 Å². The second-order valence-corrected chi connectivity index (χ2v) is 6.36. The van der Waals surface area contributed by atoms with E-state index in [1.165, 1.54) is 38.5 Å². The Labute approximate surface area is 137 Å². The van der Waals surface area contributed by atoms with Gasteiger partial charge in [-0.15, -0.1) is 0 Å². The zero-order valence-electron chi connectivity index (χ0n) is 13.3. The average molecular weight is 355 g/mol. The summed E-state index contributed by atoms with van der Waals surface area (Å²) in [5, 5.41) is 1.12. The fourth-order valence-electron chi connectivity index (χ4n) is 2.31. The quantitative estimate of drug-likeness (QED) is 0.289. The summed E-state index contributed by atoms with van der Waals surface area (Å²) >= 11 is 3.45. The number of hydrogen-bond acceptors (Lipinski definition) is 2. The van der Waals surface area contributed by atoms with E-state index in [1.54, 1.807) is 6.92 Å². The SMILES string of the molecule is CC(=O)c1cc(C)ccc1OCCCCCCCCCBr. The minimum atomic E-state index is 0.0699. The monoisotopic (exact) mass is 354 g/mol. The minimum Gasteiger partial charge on any atom is -0.493 e. The van der Waals surface area contributed by atoms with Crippen LogP contribution in [0.15, 0.2) is 18.2 Å². The van der Waals surface area contributed by atoms with Crippen LogP contribution in [0.5, 0.6) is 5.75 Å². The van der Waals surface area contributed by atoms with Gasteiger partial charge >= 0.3 is 0 Å². The molecule has 21 heavy (non-hydrogen) atoms. The third kappa shape index (κ3) is 7.66. The third-order valence-electron chi connectivity index (χ3n) is 3.55. The molecule has 0 amide bonds. The van der Waals surface area contributed by atoms with E-state index >= 15 is 0 Å². The number of Topliss-reactive ketones (excluding diaryl/α,β-unsaturated/α-hetero) is 1. The van der Waals surface area contributed by atoms with Crippen LogP contribution < -0.4 is 4.74 Å². The van der Waals surface area contributed by atoms with Crippen LogP contribution in [0, 0.1) is 6.92 Å². The molecule has 0 fully saturated rings. The van der Waals surface area contributed by atoms with E-state index in [2.05, 4.69) is 15.9 Å². The summed E-state index contributed by atoms with van der Waals surface area (Å²) in [7, 11) is 0. The Morgan fingerprint density at radius 3 is 2.29 bits per heavy atom. The molecule has 118 valence electrons. The summed E-state index contributed by atoms with van der Waals surface area (Å²) in [4.78, 5) is 11.6. The smallest absolute Gasteiger partial charge is 0.163 e. The molecule has 0 bridgehead atoms. The van der Waals surface area contributed by atoms with Gasteiger partial charge in [-0.2, -0.15) is 0 Å². The van der Waals surface area contributed by atoms with Crippen molar-refractivity contribution in [2.75, 3.05) is 11.9 Å². The van der Waals surface area contributed by atoms with Gasteiger partial charge in [-0.1, -0.05) is 59.7 Å². The van der Waals surface area contributed by atoms with Crippen molar-refractivity contribution in [2.45, 2.75) is 58.8 Å². The molecule has 0 unspecified atom stereocenters. The van der Waals surface area contributed by atoms with E-state index in [1.807, 2.05) is 25.1 Å². The van der Waals surface area contributed by atoms with Crippen LogP contribution in [-0.4, -0.2) is 17.7 Å². The molecular weight excluding hydrogens is 328 g/mol. The van der Waals surface area contributed by atoms with Gasteiger partial charge in [0.15, 0.2) is 5.78 Å². The Kier molecular flexibility index (Phi) is 9.40. The lowest BCUT2D eigenvalue weighted by atomic mass is 10.1. The molecule has 0 heterocycles. The van der Waals surface area contributed by atoms with Crippen LogP contribution in [0.25, 0.3) is 0 Å². The van der Waals surface area contributed by atoms with Crippen LogP contribution in [-0.2, 0) is 0 Å². The first kappa shape index (κ1) is 18.2. The van der Waals surface area contributed by atoms with Crippen LogP contribution in [0.3, 0.4) is 0 Å². The van der Waals surface area contributed by atoms with Crippen LogP contribution in [0.1, 0.15) is 67.8 Å². The highest BCUT2D eigenvalue weighted by atomic mass is 79.9. The average Bonchev–Trinajstić information content (AvgIpc) is 2.46. The largest absolute Gasteiger partial charge is 0.493 e. The molecule has 1 aromatic carbocycles. The maximum atomic E-state index is 11.6. The number of aryl methyl sites for hydroxylation is 1. The van der Waals surface area contributed by atoms with Crippen molar-refractivity contribution in [1.82, 2.24) is 0 Å². The van der Waals surface area contributed by atoms with Crippen molar-refractivity contribution < 1.29 is 9.53 Å². The van der Waals surface area contributed by atoms with Gasteiger partial charge < -0.3 is 4.74 Å². The Balaban J connectivity index is 2.20. The third-order valence-corrected chi connectivity index (χ3v) is 4.11. The Morgan fingerprint density at radius 1 is 1.05 bits per heavy atom. The first-order valence-electron chi connectivity index (χ1n) is 7.95. The van der Waals surface area contributed by atoms with E-state index in [0.29, 0.717) is 12.2 Å². The van der Waals surface area contributed by atoms with Crippen molar-refractivity contribution >= 4 is 21.7 Å². The molecule has 0 atom stereocenters. The molecule has 0 aromatic heterocycles. The van der Waals surface area contributed by atoms with Crippen molar-refractivity contribution in [3.8, 4) is 5.75 Å². The first-order valence-corrected chi connectivity index (χ1v) is 9.07. The predicted molar refractivity (Wildman–Crippen MR) is 92.8 cm³/mol. The molecule has 1 aromatic rings. The van der Waals surface area contributed by atoms with E-state index in [4.69, 9.17) is 4.74 Å². The Bertz CT molecular complexity index is 429. The summed E-state index contributed by atoms with van der Waals surface area (Å²) < 4.78 is 5.77. The summed E-state index contributed by atoms with van der Waals surface area (Å²) in [6.07, 6.45) is 8.80. The van der Waals surface area contributed by atoms with Crippen LogP contribution in [0.2, 0.25) is 0 Å². The second-order valence-electron chi connectivity index (χ2n) is 5.57. The number of benzene rings is 1. The highest BCUT2D eigenvalue weighted by Crippen LogP contribution is 2.21. The fraction of sp³-hybridized carbons (Fsp3) is 0.611. The maximum absolute atomic E-state index is 11.6. The maximum Gasteiger partial charge on any atom is 0.163 e. The van der Waals surface area contributed by atoms with Gasteiger partial charge in [0.05, 0.1) is 12.2 Å². The zero-order valence-corrected chi connectivity index (χ0v) is 14.9. The van der Waals surface area contributed by atoms with E-state index < -0.39 is 0 Å². The minimum absolute atomic E-state index is 0.0699. The molecule has 0 aliphatic carbocycles. The number of halogens is 1. The lowest BCUT2D eigenvalue weighted by Crippen LogP contribution is -2.03. The zero-order chi connectivity index (χ0) is 15.5. The highest BCUT2D eigenvalue weighted by molar-refractivity contribution is 9.09. The fourth-order valence-corrected chi connectivity index (χ4v) is 2.70. The van der Waals surface area contributed by atoms with Gasteiger partial charge in [0.2, 0.25) is 0 Å². The van der Waals surface area contributed by atoms with E-state index in [9.17, 15) is 4.79 Å². The molecule has 0 aliphatic heterocycles. The first-order chi connectivity index (χ1) is 10.1. The number of carbonyl (C=O) groups is 1. The van der Waals surface area contributed by atoms with Gasteiger partial charge in [0, 0.05) is 5.33 Å². The Hall–Kier alpha value is -0.830. The molecule has 3 heteroatoms. The molecule has 0 saturated heterocycles. The van der Waals surface area contributed by atoms with Gasteiger partial charge in [0.1, 0.15) is 5.75 Å². The number of hydrogen-bond donors (Lipinski definition) is 0. The van der Waals surface area contributed by atoms with Crippen molar-refractivity contribution in [2.24, 2.45) is 0 Å². The molecule has 0 N–H and O–H groups in total. The number of ether oxygens (including phenoxy) is 1. The number of ketones is 1. The van der Waals surface area contributed by atoms with Crippen LogP contribution >= 0.6 is 15.9 Å². The number of rotatable bonds is 11. The molecule has 0 radical (unpaired) electrons. The van der Waals surface area contributed by atoms with Crippen molar-refractivity contribution in [1.29, 1.82) is 0 Å². The molecular formula is C18H27BrO2. The second kappa shape index (κ2) is 10.8. The highest BCUT2D eigenvalue weighted by Gasteiger charge is 2.08. The molecule has 0 saturated carbocycles. The summed E-state index contributed by atoms with van der Waals surface area (Å²) in [6, 6.07) is 5.81. The number of carbonyl (C=O) groups excluding carboxylic acids is 1. The molecule has 2 nitrogen and oxygen atoms in total. The number of unbranched alkanes of at least 4 members (excludes halogenated alkanes) is 6. The van der Waals surface area contributed by atoms with Gasteiger partial charge in [-0.3, -0.25) is 4.79 Å². The standard InChI is InChI=1S/C18H27BrO2/c1-15-10-11-18(17(14-15)16(2)20)21-13-9-7-5-3-4-6-8-12-19/h10-11,14H,3-9,12-13H2,1-2H3. The van der Waals surface area contributed by atoms with Gasteiger partial charge in [-0.05, 0) is 38.8 Å². The van der Waals surface area contributed by atoms with E-state index in [-0.39, 0.29) is 5.78 Å². The molecule has 0 spiro atoms. The summed E-state index contributed by atoms with van der Waals surface area (Å²) in [5.41, 5.74) is 1.79. The molecule has 1 rings (SSSR count). The molecule has 0 aliphatic rings. The predicted octanol–water partition coefficient (Wildman–Crippen LogP) is 5.70. The van der Waals surface area contributed by atoms with Crippen molar-refractivity contribution in [3.05, 3.63) is 29.3 Å². The summed E-state index contributed by atoms with van der Waals surface area (Å²) in [6.45, 7) is 4.28. The van der Waals surface area contributed by atoms with Gasteiger partial charge in [-0.25, -0.2) is 0 Å². The van der Waals surface area contributed by atoms with Gasteiger partial charge in [0.25, 0.3) is 0 Å². The Morgan fingerprint density at radius 2 is 1.67 bits per heavy atom. The normalized spacial score (nSPS) is 10.6. The van der Waals surface area contributed by atoms with Crippen molar-refractivity contribution in [3.63, 3.8) is 0 Å². The lowest BCUT2D eigenvalue weighted by molar-refractivity contribution is 0.101. The lowest BCUT2D eigenvalue weighted by Gasteiger charge is -2.10. The van der Waals surface area contributed by atoms with Crippen LogP contribution in [0.4, 0.5) is 0 Å². The summed E-state index contributed by atoms with van der Waals surface area (Å²) in [5.74, 6) is 0.797. The van der Waals surface area contributed by atoms with E-state index in [0.717, 1.165) is 23.1 Å².